The summed E-state index contributed by atoms with van der Waals surface area (Å²) in [5, 5.41) is 13.4. The lowest BCUT2D eigenvalue weighted by molar-refractivity contribution is 0.0734. The van der Waals surface area contributed by atoms with Crippen LogP contribution in [0.3, 0.4) is 0 Å². The molecule has 2 aliphatic heterocycles. The number of nitrogens with one attached hydrogen (secondary N) is 1. The molecule has 2 N–H and O–H groups in total. The van der Waals surface area contributed by atoms with Gasteiger partial charge in [-0.25, -0.2) is 0 Å². The van der Waals surface area contributed by atoms with Gasteiger partial charge in [-0.1, -0.05) is 30.3 Å². The zero-order chi connectivity index (χ0) is 26.6. The standard InChI is InChI=1S/C31H36N4O3/c1-33(2)28-11-9-23(10-12-28)31(38)35-16-14-24-17-25(7-8-27(24)20-35)30(37)32-18-29(36)21-34-15-13-22-5-3-4-6-26(22)19-34/h3-12,17,29,36H,13-16,18-21H2,1-2H3,(H,32,37)/t29-/m0/s1. The van der Waals surface area contributed by atoms with Gasteiger partial charge in [0.1, 0.15) is 0 Å². The van der Waals surface area contributed by atoms with E-state index in [9.17, 15) is 14.7 Å². The van der Waals surface area contributed by atoms with Gasteiger partial charge < -0.3 is 20.2 Å². The highest BCUT2D eigenvalue weighted by Crippen LogP contribution is 2.23. The van der Waals surface area contributed by atoms with Crippen molar-refractivity contribution in [1.29, 1.82) is 0 Å². The second kappa shape index (κ2) is 11.4. The van der Waals surface area contributed by atoms with Crippen molar-refractivity contribution in [2.24, 2.45) is 0 Å². The number of aliphatic hydroxyl groups excluding tert-OH is 1. The lowest BCUT2D eigenvalue weighted by Crippen LogP contribution is -2.42. The van der Waals surface area contributed by atoms with Gasteiger partial charge in [0.25, 0.3) is 11.8 Å². The molecule has 3 aromatic rings. The lowest BCUT2D eigenvalue weighted by Gasteiger charge is -2.30. The molecule has 198 valence electrons. The fourth-order valence-corrected chi connectivity index (χ4v) is 5.34. The Morgan fingerprint density at radius 1 is 0.868 bits per heavy atom. The van der Waals surface area contributed by atoms with Crippen molar-refractivity contribution in [2.75, 3.05) is 45.2 Å². The molecule has 2 amide bonds. The molecule has 0 aromatic heterocycles. The van der Waals surface area contributed by atoms with E-state index in [4.69, 9.17) is 0 Å². The molecule has 0 aliphatic carbocycles. The lowest BCUT2D eigenvalue weighted by atomic mass is 9.96. The minimum absolute atomic E-state index is 0.0222. The zero-order valence-electron chi connectivity index (χ0n) is 22.2. The van der Waals surface area contributed by atoms with E-state index < -0.39 is 6.10 Å². The average Bonchev–Trinajstić information content (AvgIpc) is 2.95. The summed E-state index contributed by atoms with van der Waals surface area (Å²) < 4.78 is 0. The summed E-state index contributed by atoms with van der Waals surface area (Å²) in [6.07, 6.45) is 1.06. The van der Waals surface area contributed by atoms with Crippen LogP contribution >= 0.6 is 0 Å². The Labute approximate surface area is 224 Å². The molecule has 2 aliphatic rings. The molecule has 2 heterocycles. The van der Waals surface area contributed by atoms with Crippen molar-refractivity contribution in [3.05, 3.63) is 100 Å². The minimum Gasteiger partial charge on any atom is -0.390 e. The Hall–Kier alpha value is -3.68. The van der Waals surface area contributed by atoms with Crippen LogP contribution < -0.4 is 10.2 Å². The van der Waals surface area contributed by atoms with Crippen LogP contribution in [0, 0.1) is 0 Å². The van der Waals surface area contributed by atoms with Crippen LogP contribution in [0.1, 0.15) is 43.0 Å². The number of carbonyl (C=O) groups excluding carboxylic acids is 2. The minimum atomic E-state index is -0.631. The molecule has 1 atom stereocenters. The number of aliphatic hydroxyl groups is 1. The van der Waals surface area contributed by atoms with Crippen molar-refractivity contribution in [1.82, 2.24) is 15.1 Å². The number of hydrogen-bond acceptors (Lipinski definition) is 5. The molecule has 7 nitrogen and oxygen atoms in total. The number of rotatable bonds is 7. The number of benzene rings is 3. The highest BCUT2D eigenvalue weighted by atomic mass is 16.3. The van der Waals surface area contributed by atoms with E-state index in [2.05, 4.69) is 34.5 Å². The Morgan fingerprint density at radius 3 is 2.32 bits per heavy atom. The van der Waals surface area contributed by atoms with Gasteiger partial charge in [0.15, 0.2) is 0 Å². The van der Waals surface area contributed by atoms with Crippen LogP contribution in [0.15, 0.2) is 66.7 Å². The van der Waals surface area contributed by atoms with Crippen LogP contribution in [-0.2, 0) is 25.9 Å². The summed E-state index contributed by atoms with van der Waals surface area (Å²) in [7, 11) is 3.95. The maximum Gasteiger partial charge on any atom is 0.254 e. The largest absolute Gasteiger partial charge is 0.390 e. The fourth-order valence-electron chi connectivity index (χ4n) is 5.34. The van der Waals surface area contributed by atoms with Crippen molar-refractivity contribution >= 4 is 17.5 Å². The number of hydrogen-bond donors (Lipinski definition) is 2. The van der Waals surface area contributed by atoms with E-state index in [0.29, 0.717) is 37.2 Å². The van der Waals surface area contributed by atoms with Gasteiger partial charge >= 0.3 is 0 Å². The van der Waals surface area contributed by atoms with E-state index in [1.165, 1.54) is 11.1 Å². The first-order chi connectivity index (χ1) is 18.4. The molecule has 3 aromatic carbocycles. The van der Waals surface area contributed by atoms with Crippen LogP contribution in [0.25, 0.3) is 0 Å². The Morgan fingerprint density at radius 2 is 1.55 bits per heavy atom. The molecule has 0 spiro atoms. The molecule has 0 radical (unpaired) electrons. The molecule has 0 unspecified atom stereocenters. The summed E-state index contributed by atoms with van der Waals surface area (Å²) >= 11 is 0. The molecule has 0 saturated heterocycles. The predicted octanol–water partition coefficient (Wildman–Crippen LogP) is 3.10. The Balaban J connectivity index is 1.13. The van der Waals surface area contributed by atoms with Gasteiger partial charge in [0, 0.05) is 70.2 Å². The van der Waals surface area contributed by atoms with Gasteiger partial charge in [-0.2, -0.15) is 0 Å². The first-order valence-electron chi connectivity index (χ1n) is 13.3. The van der Waals surface area contributed by atoms with Gasteiger partial charge in [-0.15, -0.1) is 0 Å². The molecule has 0 fully saturated rings. The normalized spacial score (nSPS) is 15.8. The summed E-state index contributed by atoms with van der Waals surface area (Å²) in [4.78, 5) is 32.0. The van der Waals surface area contributed by atoms with Crippen LogP contribution in [-0.4, -0.2) is 73.1 Å². The first kappa shape index (κ1) is 25.9. The van der Waals surface area contributed by atoms with Crippen molar-refractivity contribution in [2.45, 2.75) is 32.0 Å². The van der Waals surface area contributed by atoms with Crippen LogP contribution in [0.2, 0.25) is 0 Å². The van der Waals surface area contributed by atoms with Gasteiger partial charge in [-0.3, -0.25) is 14.5 Å². The number of fused-ring (bicyclic) bond motifs is 2. The quantitative estimate of drug-likeness (QED) is 0.509. The third-order valence-corrected chi connectivity index (χ3v) is 7.58. The molecule has 5 rings (SSSR count). The summed E-state index contributed by atoms with van der Waals surface area (Å²) in [5.74, 6) is -0.163. The van der Waals surface area contributed by atoms with E-state index in [1.807, 2.05) is 66.4 Å². The topological polar surface area (TPSA) is 76.1 Å². The predicted molar refractivity (Wildman–Crippen MR) is 149 cm³/mol. The van der Waals surface area contributed by atoms with Gasteiger partial charge in [0.05, 0.1) is 6.10 Å². The second-order valence-corrected chi connectivity index (χ2v) is 10.5. The highest BCUT2D eigenvalue weighted by molar-refractivity contribution is 5.95. The van der Waals surface area contributed by atoms with Gasteiger partial charge in [0.2, 0.25) is 0 Å². The SMILES string of the molecule is CN(C)c1ccc(C(=O)N2CCc3cc(C(=O)NC[C@H](O)CN4CCc5ccccc5C4)ccc3C2)cc1. The second-order valence-electron chi connectivity index (χ2n) is 10.5. The van der Waals surface area contributed by atoms with Crippen molar-refractivity contribution < 1.29 is 14.7 Å². The van der Waals surface area contributed by atoms with E-state index in [1.54, 1.807) is 0 Å². The summed E-state index contributed by atoms with van der Waals surface area (Å²) in [6, 6.07) is 21.8. The average molecular weight is 513 g/mol. The molecule has 0 bridgehead atoms. The van der Waals surface area contributed by atoms with E-state index in [-0.39, 0.29) is 18.4 Å². The number of carbonyl (C=O) groups is 2. The zero-order valence-corrected chi connectivity index (χ0v) is 22.2. The molecular weight excluding hydrogens is 476 g/mol. The Kier molecular flexibility index (Phi) is 7.77. The van der Waals surface area contributed by atoms with Crippen molar-refractivity contribution in [3.8, 4) is 0 Å². The molecule has 0 saturated carbocycles. The smallest absolute Gasteiger partial charge is 0.254 e. The Bertz CT molecular complexity index is 1300. The number of β-amino-alcohol motifs (C(OH)–C–C–N with tert-alkyl or cyclic N) is 1. The molecule has 38 heavy (non-hydrogen) atoms. The monoisotopic (exact) mass is 512 g/mol. The third kappa shape index (κ3) is 5.90. The molecule has 7 heteroatoms. The maximum absolute atomic E-state index is 13.0. The number of amides is 2. The fraction of sp³-hybridized carbons (Fsp3) is 0.355. The van der Waals surface area contributed by atoms with Crippen LogP contribution in [0.4, 0.5) is 5.69 Å². The number of anilines is 1. The van der Waals surface area contributed by atoms with E-state index >= 15 is 0 Å². The summed E-state index contributed by atoms with van der Waals surface area (Å²) in [5.41, 5.74) is 7.18. The van der Waals surface area contributed by atoms with E-state index in [0.717, 1.165) is 36.3 Å². The van der Waals surface area contributed by atoms with Crippen LogP contribution in [0.5, 0.6) is 0 Å². The van der Waals surface area contributed by atoms with Crippen molar-refractivity contribution in [3.63, 3.8) is 0 Å². The molecular formula is C31H36N4O3. The highest BCUT2D eigenvalue weighted by Gasteiger charge is 2.23. The van der Waals surface area contributed by atoms with Gasteiger partial charge in [-0.05, 0) is 71.5 Å². The number of nitrogens with zero attached hydrogens (tertiary/aromatic N) is 3. The summed E-state index contributed by atoms with van der Waals surface area (Å²) in [6.45, 7) is 3.62. The third-order valence-electron chi connectivity index (χ3n) is 7.58. The first-order valence-corrected chi connectivity index (χ1v) is 13.3. The maximum atomic E-state index is 13.0.